The molecule has 0 amide bonds. The Balaban J connectivity index is 1.73. The van der Waals surface area contributed by atoms with Crippen molar-refractivity contribution < 1.29 is 23.0 Å². The summed E-state index contributed by atoms with van der Waals surface area (Å²) in [5.41, 5.74) is 0.272. The number of benzene rings is 2. The van der Waals surface area contributed by atoms with Gasteiger partial charge in [-0.05, 0) is 41.9 Å². The number of hydrogen-bond donors (Lipinski definition) is 1. The third kappa shape index (κ3) is 4.18. The Kier molecular flexibility index (Phi) is 5.31. The Labute approximate surface area is 178 Å². The van der Waals surface area contributed by atoms with Crippen LogP contribution >= 0.6 is 0 Å². The molecule has 1 aliphatic rings. The van der Waals surface area contributed by atoms with Crippen LogP contribution in [-0.4, -0.2) is 46.3 Å². The molecule has 1 atom stereocenters. The SMILES string of the molecule is CN1CC(C)([C@](O)(c2ccc(OC(F)(F)F)cc2)c2cccc(Cn3cccn3)c2)C1. The maximum atomic E-state index is 12.6. The average molecular weight is 431 g/mol. The number of halogens is 3. The molecule has 5 nitrogen and oxygen atoms in total. The summed E-state index contributed by atoms with van der Waals surface area (Å²) in [7, 11) is 1.97. The van der Waals surface area contributed by atoms with Crippen molar-refractivity contribution in [3.8, 4) is 5.75 Å². The molecule has 31 heavy (non-hydrogen) atoms. The van der Waals surface area contributed by atoms with Crippen LogP contribution in [0.25, 0.3) is 0 Å². The minimum Gasteiger partial charge on any atom is -0.406 e. The number of likely N-dealkylation sites (tertiary alicyclic amines) is 1. The second-order valence-electron chi connectivity index (χ2n) is 8.42. The maximum absolute atomic E-state index is 12.6. The molecule has 0 unspecified atom stereocenters. The minimum absolute atomic E-state index is 0.318. The summed E-state index contributed by atoms with van der Waals surface area (Å²) in [6.45, 7) is 3.83. The fourth-order valence-corrected chi connectivity index (χ4v) is 4.61. The number of nitrogens with zero attached hydrogens (tertiary/aromatic N) is 3. The molecule has 0 saturated carbocycles. The lowest BCUT2D eigenvalue weighted by atomic mass is 9.62. The van der Waals surface area contributed by atoms with Gasteiger partial charge in [-0.2, -0.15) is 5.10 Å². The van der Waals surface area contributed by atoms with Crippen molar-refractivity contribution in [1.29, 1.82) is 0 Å². The van der Waals surface area contributed by atoms with Gasteiger partial charge in [-0.25, -0.2) is 0 Å². The number of aliphatic hydroxyl groups is 1. The Morgan fingerprint density at radius 3 is 2.35 bits per heavy atom. The summed E-state index contributed by atoms with van der Waals surface area (Å²) in [6, 6.07) is 15.0. The average Bonchev–Trinajstić information content (AvgIpc) is 3.19. The van der Waals surface area contributed by atoms with Crippen molar-refractivity contribution in [1.82, 2.24) is 14.7 Å². The van der Waals surface area contributed by atoms with Crippen molar-refractivity contribution in [2.75, 3.05) is 20.1 Å². The molecule has 1 aliphatic heterocycles. The van der Waals surface area contributed by atoms with E-state index in [2.05, 4.69) is 14.7 Å². The lowest BCUT2D eigenvalue weighted by Crippen LogP contribution is -2.63. The van der Waals surface area contributed by atoms with Gasteiger partial charge in [0.15, 0.2) is 0 Å². The molecule has 2 aromatic carbocycles. The van der Waals surface area contributed by atoms with E-state index in [1.165, 1.54) is 24.3 Å². The molecule has 1 N–H and O–H groups in total. The topological polar surface area (TPSA) is 50.5 Å². The number of rotatable bonds is 6. The quantitative estimate of drug-likeness (QED) is 0.641. The molecule has 3 aromatic rings. The largest absolute Gasteiger partial charge is 0.573 e. The van der Waals surface area contributed by atoms with E-state index in [4.69, 9.17) is 0 Å². The zero-order chi connectivity index (χ0) is 22.3. The van der Waals surface area contributed by atoms with Gasteiger partial charge in [0.25, 0.3) is 0 Å². The van der Waals surface area contributed by atoms with Gasteiger partial charge in [-0.3, -0.25) is 4.68 Å². The summed E-state index contributed by atoms with van der Waals surface area (Å²) >= 11 is 0. The van der Waals surface area contributed by atoms with Gasteiger partial charge in [0.2, 0.25) is 0 Å². The van der Waals surface area contributed by atoms with Crippen LogP contribution in [0.1, 0.15) is 23.6 Å². The molecular formula is C23H24F3N3O2. The van der Waals surface area contributed by atoms with Gasteiger partial charge < -0.3 is 14.7 Å². The molecule has 4 rings (SSSR count). The summed E-state index contributed by atoms with van der Waals surface area (Å²) in [4.78, 5) is 2.10. The molecule has 0 radical (unpaired) electrons. The minimum atomic E-state index is -4.76. The third-order valence-electron chi connectivity index (χ3n) is 5.87. The monoisotopic (exact) mass is 431 g/mol. The predicted octanol–water partition coefficient (Wildman–Crippen LogP) is 4.02. The van der Waals surface area contributed by atoms with Crippen LogP contribution in [0.4, 0.5) is 13.2 Å². The fourth-order valence-electron chi connectivity index (χ4n) is 4.61. The van der Waals surface area contributed by atoms with E-state index in [1.807, 2.05) is 50.5 Å². The lowest BCUT2D eigenvalue weighted by Gasteiger charge is -2.56. The normalized spacial score (nSPS) is 18.3. The number of alkyl halides is 3. The van der Waals surface area contributed by atoms with Crippen LogP contribution < -0.4 is 4.74 Å². The first-order chi connectivity index (χ1) is 14.6. The van der Waals surface area contributed by atoms with Gasteiger partial charge >= 0.3 is 6.36 Å². The Bertz CT molecular complexity index is 1030. The molecule has 0 spiro atoms. The second kappa shape index (κ2) is 7.69. The highest BCUT2D eigenvalue weighted by atomic mass is 19.4. The van der Waals surface area contributed by atoms with E-state index in [0.717, 1.165) is 5.56 Å². The smallest absolute Gasteiger partial charge is 0.406 e. The molecule has 1 fully saturated rings. The zero-order valence-corrected chi connectivity index (χ0v) is 17.3. The summed E-state index contributed by atoms with van der Waals surface area (Å²) < 4.78 is 43.4. The Hall–Kier alpha value is -2.84. The predicted molar refractivity (Wildman–Crippen MR) is 109 cm³/mol. The van der Waals surface area contributed by atoms with Crippen LogP contribution in [0.3, 0.4) is 0 Å². The van der Waals surface area contributed by atoms with Crippen molar-refractivity contribution in [3.05, 3.63) is 83.7 Å². The van der Waals surface area contributed by atoms with Crippen molar-refractivity contribution >= 4 is 0 Å². The molecular weight excluding hydrogens is 407 g/mol. The standard InChI is InChI=1S/C23H24F3N3O2/c1-21(15-28(2)16-21)22(30,18-7-9-20(10-8-18)31-23(24,25)26)19-6-3-5-17(13-19)14-29-12-4-11-27-29/h3-13,30H,14-16H2,1-2H3/t22-/m0/s1. The van der Waals surface area contributed by atoms with Crippen LogP contribution in [0.5, 0.6) is 5.75 Å². The van der Waals surface area contributed by atoms with Crippen molar-refractivity contribution in [2.45, 2.75) is 25.4 Å². The number of ether oxygens (including phenoxy) is 1. The maximum Gasteiger partial charge on any atom is 0.573 e. The van der Waals surface area contributed by atoms with E-state index >= 15 is 0 Å². The number of hydrogen-bond acceptors (Lipinski definition) is 4. The molecule has 1 aromatic heterocycles. The third-order valence-corrected chi connectivity index (χ3v) is 5.87. The zero-order valence-electron chi connectivity index (χ0n) is 17.3. The van der Waals surface area contributed by atoms with E-state index in [9.17, 15) is 18.3 Å². The van der Waals surface area contributed by atoms with Gasteiger partial charge in [0, 0.05) is 30.9 Å². The summed E-state index contributed by atoms with van der Waals surface area (Å²) in [6.07, 6.45) is -1.20. The fraction of sp³-hybridized carbons (Fsp3) is 0.348. The number of aromatic nitrogens is 2. The molecule has 2 heterocycles. The Morgan fingerprint density at radius 1 is 1.06 bits per heavy atom. The molecule has 8 heteroatoms. The van der Waals surface area contributed by atoms with Crippen LogP contribution in [-0.2, 0) is 12.1 Å². The summed E-state index contributed by atoms with van der Waals surface area (Å²) in [5.74, 6) is -0.318. The van der Waals surface area contributed by atoms with Gasteiger partial charge in [0.1, 0.15) is 11.4 Å². The highest BCUT2D eigenvalue weighted by molar-refractivity contribution is 5.43. The molecule has 0 aliphatic carbocycles. The summed E-state index contributed by atoms with van der Waals surface area (Å²) in [5, 5.41) is 16.3. The van der Waals surface area contributed by atoms with Crippen LogP contribution in [0, 0.1) is 5.41 Å². The molecule has 164 valence electrons. The first kappa shape index (κ1) is 21.4. The van der Waals surface area contributed by atoms with E-state index in [1.54, 1.807) is 10.9 Å². The first-order valence-corrected chi connectivity index (χ1v) is 9.93. The first-order valence-electron chi connectivity index (χ1n) is 9.93. The van der Waals surface area contributed by atoms with Gasteiger partial charge in [0.05, 0.1) is 6.54 Å². The van der Waals surface area contributed by atoms with Gasteiger partial charge in [-0.1, -0.05) is 43.3 Å². The lowest BCUT2D eigenvalue weighted by molar-refractivity contribution is -0.274. The highest BCUT2D eigenvalue weighted by Gasteiger charge is 2.55. The molecule has 1 saturated heterocycles. The van der Waals surface area contributed by atoms with E-state index < -0.39 is 17.4 Å². The highest BCUT2D eigenvalue weighted by Crippen LogP contribution is 2.50. The van der Waals surface area contributed by atoms with E-state index in [-0.39, 0.29) is 5.75 Å². The molecule has 0 bridgehead atoms. The van der Waals surface area contributed by atoms with Crippen LogP contribution in [0.2, 0.25) is 0 Å². The van der Waals surface area contributed by atoms with Crippen molar-refractivity contribution in [2.24, 2.45) is 5.41 Å². The van der Waals surface area contributed by atoms with Crippen LogP contribution in [0.15, 0.2) is 67.0 Å². The Morgan fingerprint density at radius 2 is 1.77 bits per heavy atom. The second-order valence-corrected chi connectivity index (χ2v) is 8.42. The van der Waals surface area contributed by atoms with Crippen molar-refractivity contribution in [3.63, 3.8) is 0 Å². The van der Waals surface area contributed by atoms with E-state index in [0.29, 0.717) is 30.8 Å². The van der Waals surface area contributed by atoms with Gasteiger partial charge in [-0.15, -0.1) is 13.2 Å².